The second-order valence-electron chi connectivity index (χ2n) is 8.95. The van der Waals surface area contributed by atoms with Gasteiger partial charge in [-0.25, -0.2) is 4.79 Å². The van der Waals surface area contributed by atoms with E-state index < -0.39 is 5.60 Å². The molecular formula is C21H43IN6O3. The largest absolute Gasteiger partial charge is 0.444 e. The molecule has 1 amide bonds. The molecule has 0 radical (unpaired) electrons. The third kappa shape index (κ3) is 11.0. The lowest BCUT2D eigenvalue weighted by atomic mass is 10.2. The molecule has 2 heterocycles. The van der Waals surface area contributed by atoms with Gasteiger partial charge in [0.1, 0.15) is 5.60 Å². The topological polar surface area (TPSA) is 81.7 Å². The molecule has 9 nitrogen and oxygen atoms in total. The molecule has 2 saturated heterocycles. The third-order valence-electron chi connectivity index (χ3n) is 5.27. The summed E-state index contributed by atoms with van der Waals surface area (Å²) in [5.41, 5.74) is -0.445. The average molecular weight is 555 g/mol. The van der Waals surface area contributed by atoms with Crippen LogP contribution in [0.4, 0.5) is 4.79 Å². The Balaban J connectivity index is 0.00000480. The van der Waals surface area contributed by atoms with Crippen molar-refractivity contribution in [2.45, 2.75) is 46.3 Å². The summed E-state index contributed by atoms with van der Waals surface area (Å²) in [5, 5.41) is 6.77. The number of piperazine rings is 1. The maximum absolute atomic E-state index is 12.2. The Kier molecular flexibility index (Phi) is 13.0. The number of hydrogen-bond acceptors (Lipinski definition) is 6. The smallest absolute Gasteiger partial charge is 0.410 e. The zero-order chi connectivity index (χ0) is 22.0. The molecule has 2 aliphatic rings. The van der Waals surface area contributed by atoms with Crippen LogP contribution in [0.2, 0.25) is 0 Å². The number of ether oxygens (including phenoxy) is 2. The van der Waals surface area contributed by atoms with E-state index in [1.54, 1.807) is 4.90 Å². The molecule has 10 heteroatoms. The highest BCUT2D eigenvalue weighted by Crippen LogP contribution is 2.11. The first-order chi connectivity index (χ1) is 14.3. The van der Waals surface area contributed by atoms with Crippen LogP contribution in [0.3, 0.4) is 0 Å². The van der Waals surface area contributed by atoms with Crippen LogP contribution in [-0.2, 0) is 9.47 Å². The number of rotatable bonds is 7. The maximum atomic E-state index is 12.2. The second-order valence-corrected chi connectivity index (χ2v) is 8.95. The van der Waals surface area contributed by atoms with Crippen LogP contribution < -0.4 is 10.6 Å². The van der Waals surface area contributed by atoms with E-state index in [1.165, 1.54) is 0 Å². The highest BCUT2D eigenvalue weighted by atomic mass is 127. The molecule has 0 aromatic heterocycles. The molecular weight excluding hydrogens is 511 g/mol. The zero-order valence-corrected chi connectivity index (χ0v) is 22.3. The first kappa shape index (κ1) is 28.2. The number of amides is 1. The van der Waals surface area contributed by atoms with E-state index in [1.807, 2.05) is 20.8 Å². The summed E-state index contributed by atoms with van der Waals surface area (Å²) < 4.78 is 10.9. The summed E-state index contributed by atoms with van der Waals surface area (Å²) in [6, 6.07) is 0.408. The molecule has 0 aromatic carbocycles. The van der Waals surface area contributed by atoms with Gasteiger partial charge in [0, 0.05) is 64.9 Å². The van der Waals surface area contributed by atoms with Gasteiger partial charge in [0.05, 0.1) is 19.8 Å². The van der Waals surface area contributed by atoms with Crippen molar-refractivity contribution in [3.05, 3.63) is 0 Å². The number of carbonyl (C=O) groups excluding carboxylic acids is 1. The van der Waals surface area contributed by atoms with Crippen molar-refractivity contribution >= 4 is 36.0 Å². The van der Waals surface area contributed by atoms with Gasteiger partial charge in [-0.05, 0) is 34.6 Å². The molecule has 0 aromatic rings. The molecule has 182 valence electrons. The van der Waals surface area contributed by atoms with E-state index in [0.717, 1.165) is 71.5 Å². The predicted molar refractivity (Wildman–Crippen MR) is 135 cm³/mol. The summed E-state index contributed by atoms with van der Waals surface area (Å²) in [6.07, 6.45) is -0.212. The van der Waals surface area contributed by atoms with Crippen LogP contribution in [0.25, 0.3) is 0 Å². The van der Waals surface area contributed by atoms with E-state index in [4.69, 9.17) is 14.5 Å². The minimum absolute atomic E-state index is 0. The number of halogens is 1. The van der Waals surface area contributed by atoms with Gasteiger partial charge in [-0.2, -0.15) is 0 Å². The number of morpholine rings is 1. The molecule has 2 N–H and O–H groups in total. The first-order valence-corrected chi connectivity index (χ1v) is 11.3. The van der Waals surface area contributed by atoms with Gasteiger partial charge in [0.2, 0.25) is 0 Å². The fraction of sp³-hybridized carbons (Fsp3) is 0.905. The SMILES string of the molecule is CCNC(=NCC(C)N1CCOCC1)NCCN1CCN(C(=O)OC(C)(C)C)CC1.I. The molecule has 0 bridgehead atoms. The Hall–Kier alpha value is -0.850. The fourth-order valence-corrected chi connectivity index (χ4v) is 3.51. The summed E-state index contributed by atoms with van der Waals surface area (Å²) in [4.78, 5) is 23.5. The van der Waals surface area contributed by atoms with Crippen molar-refractivity contribution in [3.8, 4) is 0 Å². The van der Waals surface area contributed by atoms with E-state index in [9.17, 15) is 4.79 Å². The molecule has 0 saturated carbocycles. The van der Waals surface area contributed by atoms with Crippen LogP contribution in [-0.4, -0.2) is 117 Å². The van der Waals surface area contributed by atoms with E-state index in [2.05, 4.69) is 34.3 Å². The molecule has 2 aliphatic heterocycles. The Morgan fingerprint density at radius 2 is 1.74 bits per heavy atom. The van der Waals surface area contributed by atoms with E-state index in [-0.39, 0.29) is 30.1 Å². The standard InChI is InChI=1S/C21H42N6O3.HI/c1-6-22-19(24-17-18(2)26-13-15-29-16-14-26)23-7-8-25-9-11-27(12-10-25)20(28)30-21(3,4)5;/h18H,6-17H2,1-5H3,(H2,22,23,24);1H. The van der Waals surface area contributed by atoms with Gasteiger partial charge < -0.3 is 25.0 Å². The predicted octanol–water partition coefficient (Wildman–Crippen LogP) is 1.43. The van der Waals surface area contributed by atoms with Crippen molar-refractivity contribution in [1.82, 2.24) is 25.3 Å². The minimum Gasteiger partial charge on any atom is -0.444 e. The summed E-state index contributed by atoms with van der Waals surface area (Å²) >= 11 is 0. The molecule has 0 aliphatic carbocycles. The number of nitrogens with zero attached hydrogens (tertiary/aromatic N) is 4. The van der Waals surface area contributed by atoms with Crippen molar-refractivity contribution in [3.63, 3.8) is 0 Å². The lowest BCUT2D eigenvalue weighted by molar-refractivity contribution is 0.0147. The van der Waals surface area contributed by atoms with Gasteiger partial charge in [0.15, 0.2) is 5.96 Å². The molecule has 31 heavy (non-hydrogen) atoms. The number of carbonyl (C=O) groups is 1. The summed E-state index contributed by atoms with van der Waals surface area (Å²) in [5.74, 6) is 0.866. The van der Waals surface area contributed by atoms with Crippen molar-refractivity contribution in [1.29, 1.82) is 0 Å². The normalized spacial score (nSPS) is 20.0. The Labute approximate surface area is 205 Å². The molecule has 1 unspecified atom stereocenters. The van der Waals surface area contributed by atoms with Gasteiger partial charge in [-0.3, -0.25) is 14.8 Å². The second kappa shape index (κ2) is 14.3. The van der Waals surface area contributed by atoms with Gasteiger partial charge >= 0.3 is 6.09 Å². The van der Waals surface area contributed by atoms with Crippen LogP contribution in [0.1, 0.15) is 34.6 Å². The van der Waals surface area contributed by atoms with E-state index in [0.29, 0.717) is 19.1 Å². The Bertz CT molecular complexity index is 544. The Morgan fingerprint density at radius 3 is 2.32 bits per heavy atom. The first-order valence-electron chi connectivity index (χ1n) is 11.3. The lowest BCUT2D eigenvalue weighted by Crippen LogP contribution is -2.51. The zero-order valence-electron chi connectivity index (χ0n) is 20.0. The Morgan fingerprint density at radius 1 is 1.10 bits per heavy atom. The van der Waals surface area contributed by atoms with Gasteiger partial charge in [-0.1, -0.05) is 0 Å². The van der Waals surface area contributed by atoms with Crippen LogP contribution >= 0.6 is 24.0 Å². The minimum atomic E-state index is -0.445. The number of hydrogen-bond donors (Lipinski definition) is 2. The fourth-order valence-electron chi connectivity index (χ4n) is 3.51. The highest BCUT2D eigenvalue weighted by molar-refractivity contribution is 14.0. The van der Waals surface area contributed by atoms with Crippen molar-refractivity contribution in [2.24, 2.45) is 4.99 Å². The van der Waals surface area contributed by atoms with Crippen molar-refractivity contribution < 1.29 is 14.3 Å². The molecule has 2 rings (SSSR count). The summed E-state index contributed by atoms with van der Waals surface area (Å²) in [7, 11) is 0. The van der Waals surface area contributed by atoms with E-state index >= 15 is 0 Å². The van der Waals surface area contributed by atoms with Crippen LogP contribution in [0, 0.1) is 0 Å². The van der Waals surface area contributed by atoms with Gasteiger partial charge in [0.25, 0.3) is 0 Å². The average Bonchev–Trinajstić information content (AvgIpc) is 2.71. The number of guanidine groups is 1. The molecule has 2 fully saturated rings. The van der Waals surface area contributed by atoms with Crippen LogP contribution in [0.15, 0.2) is 4.99 Å². The lowest BCUT2D eigenvalue weighted by Gasteiger charge is -2.35. The van der Waals surface area contributed by atoms with Crippen molar-refractivity contribution in [2.75, 3.05) is 78.7 Å². The quantitative estimate of drug-likeness (QED) is 0.280. The number of aliphatic imine (C=N–C) groups is 1. The summed E-state index contributed by atoms with van der Waals surface area (Å²) in [6.45, 7) is 20.1. The van der Waals surface area contributed by atoms with Crippen LogP contribution in [0.5, 0.6) is 0 Å². The monoisotopic (exact) mass is 554 g/mol. The molecule has 1 atom stereocenters. The maximum Gasteiger partial charge on any atom is 0.410 e. The third-order valence-corrected chi connectivity index (χ3v) is 5.27. The molecule has 0 spiro atoms. The number of nitrogens with one attached hydrogen (secondary N) is 2. The highest BCUT2D eigenvalue weighted by Gasteiger charge is 2.25. The van der Waals surface area contributed by atoms with Gasteiger partial charge in [-0.15, -0.1) is 24.0 Å².